The van der Waals surface area contributed by atoms with Crippen molar-refractivity contribution in [1.82, 2.24) is 8.80 Å². The van der Waals surface area contributed by atoms with Crippen LogP contribution in [0.2, 0.25) is 0 Å². The van der Waals surface area contributed by atoms with Gasteiger partial charge in [0.2, 0.25) is 0 Å². The summed E-state index contributed by atoms with van der Waals surface area (Å²) in [6.07, 6.45) is 0. The minimum absolute atomic E-state index is 0.00370. The Bertz CT molecular complexity index is 7260. The van der Waals surface area contributed by atoms with Crippen LogP contribution >= 0.6 is 0 Å². The Morgan fingerprint density at radius 2 is 0.700 bits per heavy atom. The molecule has 458 valence electrons. The van der Waals surface area contributed by atoms with Crippen molar-refractivity contribution >= 4 is 166 Å². The number of ether oxygens (including phenoxy) is 4. The molecule has 0 bridgehead atoms. The molecule has 4 aliphatic heterocycles. The number of rotatable bonds is 4. The van der Waals surface area contributed by atoms with E-state index < -0.39 is 0 Å². The molecule has 0 atom stereocenters. The highest BCUT2D eigenvalue weighted by atomic mass is 16.5. The van der Waals surface area contributed by atoms with Crippen LogP contribution in [0.4, 0.5) is 0 Å². The number of hydrogen-bond donors (Lipinski definition) is 0. The highest BCUT2D eigenvalue weighted by Gasteiger charge is 2.43. The van der Waals surface area contributed by atoms with E-state index >= 15 is 0 Å². The molecule has 0 saturated heterocycles. The Balaban J connectivity index is 0.604. The molecule has 21 aromatic rings. The molecule has 0 radical (unpaired) electrons. The van der Waals surface area contributed by atoms with E-state index in [4.69, 9.17) is 27.8 Å². The number of aromatic nitrogens is 2. The molecule has 10 heteroatoms. The molecule has 8 nitrogen and oxygen atoms in total. The molecule has 100 heavy (non-hydrogen) atoms. The SMILES string of the molecule is c1cc(-c2cc3c4c(c2)Oc2cc(-c5cccc6c5c5cccc7c8cc9oc%10c(-c%11cc%12c%13c(c%11)Oc%11ccccc%11B%13c%11ccccc%11O%12)cccc%10c9cc8n6c75)ccc2B4c2ccccc2O3)cc(-c2cccc3oc4cc5c6cccc7c8ccccc8n(c5cc4c23)c76)c1. The van der Waals surface area contributed by atoms with Crippen molar-refractivity contribution in [3.63, 3.8) is 0 Å². The van der Waals surface area contributed by atoms with Crippen molar-refractivity contribution in [2.45, 2.75) is 0 Å². The molecule has 4 aliphatic rings. The van der Waals surface area contributed by atoms with E-state index in [-0.39, 0.29) is 13.4 Å². The monoisotopic (exact) mass is 1270 g/mol. The van der Waals surface area contributed by atoms with Gasteiger partial charge >= 0.3 is 0 Å². The summed E-state index contributed by atoms with van der Waals surface area (Å²) in [4.78, 5) is 0. The minimum atomic E-state index is -0.109. The first-order chi connectivity index (χ1) is 49.5. The maximum atomic E-state index is 7.31. The van der Waals surface area contributed by atoms with Crippen molar-refractivity contribution < 1.29 is 27.8 Å². The van der Waals surface area contributed by atoms with Gasteiger partial charge in [-0.05, 0) is 158 Å². The van der Waals surface area contributed by atoms with Crippen molar-refractivity contribution in [2.24, 2.45) is 0 Å². The van der Waals surface area contributed by atoms with Crippen LogP contribution in [-0.2, 0) is 0 Å². The molecule has 25 rings (SSSR count). The van der Waals surface area contributed by atoms with Gasteiger partial charge in [-0.25, -0.2) is 0 Å². The van der Waals surface area contributed by atoms with Crippen LogP contribution in [0.25, 0.3) is 165 Å². The van der Waals surface area contributed by atoms with E-state index in [0.29, 0.717) is 0 Å². The van der Waals surface area contributed by atoms with E-state index in [0.717, 1.165) is 184 Å². The fraction of sp³-hybridized carbons (Fsp3) is 0. The van der Waals surface area contributed by atoms with Crippen LogP contribution in [0.15, 0.2) is 288 Å². The van der Waals surface area contributed by atoms with Crippen LogP contribution in [0.5, 0.6) is 46.0 Å². The van der Waals surface area contributed by atoms with E-state index in [1.54, 1.807) is 0 Å². The van der Waals surface area contributed by atoms with Crippen LogP contribution in [0.1, 0.15) is 0 Å². The molecule has 0 saturated carbocycles. The molecule has 0 fully saturated rings. The van der Waals surface area contributed by atoms with E-state index in [1.165, 1.54) is 59.8 Å². The van der Waals surface area contributed by atoms with Crippen molar-refractivity contribution in [2.75, 3.05) is 0 Å². The fourth-order valence-electron chi connectivity index (χ4n) is 18.5. The number of para-hydroxylation sites is 7. The fourth-order valence-corrected chi connectivity index (χ4v) is 18.5. The Kier molecular flexibility index (Phi) is 9.62. The van der Waals surface area contributed by atoms with E-state index in [2.05, 4.69) is 276 Å². The number of nitrogens with zero attached hydrogens (tertiary/aromatic N) is 2. The first-order valence-electron chi connectivity index (χ1n) is 34.2. The molecule has 6 aromatic heterocycles. The molecule has 0 aliphatic carbocycles. The second-order valence-corrected chi connectivity index (χ2v) is 27.6. The van der Waals surface area contributed by atoms with Gasteiger partial charge in [0.25, 0.3) is 13.4 Å². The lowest BCUT2D eigenvalue weighted by atomic mass is 9.35. The Morgan fingerprint density at radius 3 is 1.41 bits per heavy atom. The Morgan fingerprint density at radius 1 is 0.230 bits per heavy atom. The summed E-state index contributed by atoms with van der Waals surface area (Å²) in [7, 11) is 0. The molecular formula is C90H46B2N2O6. The molecule has 15 aromatic carbocycles. The van der Waals surface area contributed by atoms with E-state index in [9.17, 15) is 0 Å². The third-order valence-corrected chi connectivity index (χ3v) is 22.6. The van der Waals surface area contributed by atoms with Gasteiger partial charge in [0.1, 0.15) is 68.3 Å². The van der Waals surface area contributed by atoms with Crippen LogP contribution in [-0.4, -0.2) is 22.2 Å². The highest BCUT2D eigenvalue weighted by molar-refractivity contribution is 6.99. The van der Waals surface area contributed by atoms with Gasteiger partial charge < -0.3 is 36.6 Å². The molecular weight excluding hydrogens is 1230 g/mol. The summed E-state index contributed by atoms with van der Waals surface area (Å²) >= 11 is 0. The van der Waals surface area contributed by atoms with E-state index in [1.807, 2.05) is 12.1 Å². The summed E-state index contributed by atoms with van der Waals surface area (Å²) in [6.45, 7) is -0.113. The number of furan rings is 2. The zero-order chi connectivity index (χ0) is 64.5. The van der Waals surface area contributed by atoms with Gasteiger partial charge in [-0.2, -0.15) is 0 Å². The Labute approximate surface area is 569 Å². The van der Waals surface area contributed by atoms with Crippen molar-refractivity contribution in [3.8, 4) is 90.5 Å². The molecule has 10 heterocycles. The van der Waals surface area contributed by atoms with Gasteiger partial charge in [-0.3, -0.25) is 0 Å². The van der Waals surface area contributed by atoms with Crippen LogP contribution < -0.4 is 51.7 Å². The number of fused-ring (bicyclic) bond motifs is 26. The molecule has 0 spiro atoms. The predicted molar refractivity (Wildman–Crippen MR) is 407 cm³/mol. The van der Waals surface area contributed by atoms with Gasteiger partial charge in [-0.1, -0.05) is 182 Å². The zero-order valence-electron chi connectivity index (χ0n) is 53.1. The maximum Gasteiger partial charge on any atom is 0.260 e. The van der Waals surface area contributed by atoms with Crippen LogP contribution in [0.3, 0.4) is 0 Å². The average molecular weight is 1270 g/mol. The third kappa shape index (κ3) is 6.63. The topological polar surface area (TPSA) is 72.0 Å². The van der Waals surface area contributed by atoms with Crippen LogP contribution in [0, 0.1) is 0 Å². The second kappa shape index (κ2) is 18.5. The highest BCUT2D eigenvalue weighted by Crippen LogP contribution is 2.50. The minimum Gasteiger partial charge on any atom is -0.458 e. The van der Waals surface area contributed by atoms with Gasteiger partial charge in [0, 0.05) is 81.1 Å². The summed E-state index contributed by atoms with van der Waals surface area (Å²) in [5.74, 6) is 6.57. The second-order valence-electron chi connectivity index (χ2n) is 27.6. The summed E-state index contributed by atoms with van der Waals surface area (Å²) < 4.78 is 46.5. The van der Waals surface area contributed by atoms with Gasteiger partial charge in [-0.15, -0.1) is 0 Å². The molecule has 0 unspecified atom stereocenters. The molecule has 0 amide bonds. The lowest BCUT2D eigenvalue weighted by Crippen LogP contribution is -2.57. The predicted octanol–water partition coefficient (Wildman–Crippen LogP) is 19.9. The lowest BCUT2D eigenvalue weighted by Gasteiger charge is -2.33. The number of hydrogen-bond acceptors (Lipinski definition) is 6. The summed E-state index contributed by atoms with van der Waals surface area (Å²) in [6, 6.07) is 101. The first-order valence-corrected chi connectivity index (χ1v) is 34.2. The third-order valence-electron chi connectivity index (χ3n) is 22.6. The van der Waals surface area contributed by atoms with Crippen molar-refractivity contribution in [3.05, 3.63) is 279 Å². The summed E-state index contributed by atoms with van der Waals surface area (Å²) in [5, 5.41) is 13.9. The van der Waals surface area contributed by atoms with Crippen molar-refractivity contribution in [1.29, 1.82) is 0 Å². The normalized spacial score (nSPS) is 13.5. The summed E-state index contributed by atoms with van der Waals surface area (Å²) in [5.41, 5.74) is 25.5. The quantitative estimate of drug-likeness (QED) is 0.164. The largest absolute Gasteiger partial charge is 0.458 e. The Hall–Kier alpha value is -13.2. The smallest absolute Gasteiger partial charge is 0.260 e. The number of benzene rings is 15. The average Bonchev–Trinajstić information content (AvgIpc) is 1.11. The van der Waals surface area contributed by atoms with Gasteiger partial charge in [0.15, 0.2) is 0 Å². The first kappa shape index (κ1) is 52.1. The standard InChI is InChI=1S/C90H46B2N2O6/c1-5-29-69-55(17-1)56-21-11-22-57-62-46-78-64(44-72(62)93(69)88(56)57)85-53(19-14-34-76(85)98-78)48-16-9-15-47(37-48)50-39-80-86-81(40-50)99-79-38-49(35-36-68(79)92(86)67-28-4-8-33-75(67)95-80)52-18-13-30-70-84(52)60-25-12-23-58-61-45-77-63(43-71(61)94(70)89(58)60)59-24-10-20-54(90(59)100-77)51-41-82-87-83(42-51)97-74-32-7-3-27-66(74)91(87)65-26-2-6-31-73(65)96-82/h1-46H. The lowest BCUT2D eigenvalue weighted by molar-refractivity contribution is 0.464. The maximum absolute atomic E-state index is 7.31. The van der Waals surface area contributed by atoms with Gasteiger partial charge in [0.05, 0.1) is 33.1 Å². The zero-order valence-corrected chi connectivity index (χ0v) is 53.1. The molecule has 0 N–H and O–H groups in total.